The van der Waals surface area contributed by atoms with Crippen LogP contribution in [0.25, 0.3) is 22.3 Å². The van der Waals surface area contributed by atoms with Crippen molar-refractivity contribution < 1.29 is 4.42 Å². The lowest BCUT2D eigenvalue weighted by Crippen LogP contribution is -1.99. The lowest BCUT2D eigenvalue weighted by atomic mass is 10.1. The summed E-state index contributed by atoms with van der Waals surface area (Å²) in [6.45, 7) is 5.50. The summed E-state index contributed by atoms with van der Waals surface area (Å²) in [6.07, 6.45) is 0. The van der Waals surface area contributed by atoms with Crippen molar-refractivity contribution >= 4 is 16.9 Å². The van der Waals surface area contributed by atoms with E-state index < -0.39 is 0 Å². The minimum Gasteiger partial charge on any atom is -0.424 e. The molecule has 0 saturated heterocycles. The van der Waals surface area contributed by atoms with E-state index in [2.05, 4.69) is 37.0 Å². The van der Waals surface area contributed by atoms with Crippen LogP contribution in [0.2, 0.25) is 0 Å². The Morgan fingerprint density at radius 2 is 1.89 bits per heavy atom. The first-order valence-electron chi connectivity index (χ1n) is 8.82. The zero-order chi connectivity index (χ0) is 19.7. The molecule has 0 spiro atoms. The molecule has 4 aromatic rings. The molecule has 0 radical (unpaired) electrons. The molecule has 7 nitrogen and oxygen atoms in total. The van der Waals surface area contributed by atoms with Gasteiger partial charge >= 0.3 is 0 Å². The van der Waals surface area contributed by atoms with Crippen molar-refractivity contribution in [2.45, 2.75) is 26.7 Å². The maximum atomic E-state index is 6.02. The number of benzene rings is 1. The van der Waals surface area contributed by atoms with Gasteiger partial charge in [-0.2, -0.15) is 0 Å². The molecule has 7 heteroatoms. The highest BCUT2D eigenvalue weighted by molar-refractivity contribution is 5.86. The van der Waals surface area contributed by atoms with Gasteiger partial charge in [-0.05, 0) is 38.1 Å². The highest BCUT2D eigenvalue weighted by Gasteiger charge is 2.10. The maximum absolute atomic E-state index is 6.02. The van der Waals surface area contributed by atoms with Crippen LogP contribution in [-0.4, -0.2) is 25.1 Å². The van der Waals surface area contributed by atoms with Crippen molar-refractivity contribution in [1.82, 2.24) is 25.1 Å². The first-order chi connectivity index (χ1) is 13.5. The van der Waals surface area contributed by atoms with Crippen molar-refractivity contribution in [2.24, 2.45) is 0 Å². The molecule has 0 aliphatic carbocycles. The molecule has 1 aromatic carbocycles. The van der Waals surface area contributed by atoms with Gasteiger partial charge in [0.05, 0.1) is 17.1 Å². The van der Waals surface area contributed by atoms with Gasteiger partial charge in [0.15, 0.2) is 5.82 Å². The van der Waals surface area contributed by atoms with Gasteiger partial charge in [0.25, 0.3) is 0 Å². The third-order valence-electron chi connectivity index (χ3n) is 4.18. The van der Waals surface area contributed by atoms with Gasteiger partial charge in [-0.3, -0.25) is 0 Å². The van der Waals surface area contributed by atoms with Gasteiger partial charge in [-0.25, -0.2) is 15.0 Å². The molecular formula is C21H18N6O. The molecule has 3 heterocycles. The Balaban J connectivity index is 1.66. The fourth-order valence-corrected chi connectivity index (χ4v) is 2.81. The first kappa shape index (κ1) is 17.6. The second-order valence-corrected chi connectivity index (χ2v) is 6.45. The average Bonchev–Trinajstić information content (AvgIpc) is 3.12. The molecule has 138 valence electrons. The third kappa shape index (κ3) is 3.53. The van der Waals surface area contributed by atoms with Crippen LogP contribution in [0, 0.1) is 25.7 Å². The molecule has 0 bridgehead atoms. The predicted molar refractivity (Wildman–Crippen MR) is 106 cm³/mol. The van der Waals surface area contributed by atoms with Crippen molar-refractivity contribution in [3.8, 4) is 23.1 Å². The van der Waals surface area contributed by atoms with Crippen LogP contribution >= 0.6 is 0 Å². The molecule has 2 N–H and O–H groups in total. The summed E-state index contributed by atoms with van der Waals surface area (Å²) >= 11 is 0. The van der Waals surface area contributed by atoms with E-state index >= 15 is 0 Å². The van der Waals surface area contributed by atoms with E-state index in [0.29, 0.717) is 28.9 Å². The Labute approximate surface area is 162 Å². The summed E-state index contributed by atoms with van der Waals surface area (Å²) in [5.74, 6) is 8.22. The van der Waals surface area contributed by atoms with Crippen molar-refractivity contribution in [3.05, 3.63) is 59.6 Å². The normalized spacial score (nSPS) is 11.8. The summed E-state index contributed by atoms with van der Waals surface area (Å²) in [5.41, 5.74) is 9.94. The molecule has 0 fully saturated rings. The van der Waals surface area contributed by atoms with E-state index in [1.165, 1.54) is 0 Å². The fraction of sp³-hybridized carbons (Fsp3) is 0.190. The molecule has 0 unspecified atom stereocenters. The zero-order valence-electron chi connectivity index (χ0n) is 15.8. The Morgan fingerprint density at radius 1 is 1.04 bits per heavy atom. The molecule has 0 aliphatic rings. The summed E-state index contributed by atoms with van der Waals surface area (Å²) in [7, 11) is 0. The smallest absolute Gasteiger partial charge is 0.231 e. The van der Waals surface area contributed by atoms with Crippen LogP contribution in [0.1, 0.15) is 36.0 Å². The van der Waals surface area contributed by atoms with Crippen LogP contribution in [0.15, 0.2) is 40.8 Å². The maximum Gasteiger partial charge on any atom is 0.231 e. The molecule has 3 aromatic heterocycles. The summed E-state index contributed by atoms with van der Waals surface area (Å²) in [6, 6.07) is 11.7. The molecule has 0 saturated carbocycles. The predicted octanol–water partition coefficient (Wildman–Crippen LogP) is 3.43. The van der Waals surface area contributed by atoms with Crippen LogP contribution in [0.3, 0.4) is 0 Å². The minimum absolute atomic E-state index is 0.149. The second kappa shape index (κ2) is 7.08. The first-order valence-corrected chi connectivity index (χ1v) is 8.82. The Kier molecular flexibility index (Phi) is 4.45. The summed E-state index contributed by atoms with van der Waals surface area (Å²) < 4.78 is 5.43. The zero-order valence-corrected chi connectivity index (χ0v) is 15.8. The second-order valence-electron chi connectivity index (χ2n) is 6.45. The molecule has 1 atom stereocenters. The van der Waals surface area contributed by atoms with Gasteiger partial charge in [-0.15, -0.1) is 10.2 Å². The van der Waals surface area contributed by atoms with E-state index in [1.54, 1.807) is 6.92 Å². The monoisotopic (exact) mass is 370 g/mol. The number of rotatable bonds is 2. The number of anilines is 1. The summed E-state index contributed by atoms with van der Waals surface area (Å²) in [4.78, 5) is 13.2. The SMILES string of the molecule is Cc1nc(N)c2nc(-c3cccc(C#C[C@H](C)c4nnc(C)o4)c3)ccc2n1. The quantitative estimate of drug-likeness (QED) is 0.539. The Hall–Kier alpha value is -3.79. The van der Waals surface area contributed by atoms with Crippen LogP contribution in [-0.2, 0) is 0 Å². The molecular weight excluding hydrogens is 352 g/mol. The minimum atomic E-state index is -0.149. The summed E-state index contributed by atoms with van der Waals surface area (Å²) in [5, 5.41) is 7.85. The number of nitrogens with zero attached hydrogens (tertiary/aromatic N) is 5. The third-order valence-corrected chi connectivity index (χ3v) is 4.18. The number of nitrogens with two attached hydrogens (primary N) is 1. The van der Waals surface area contributed by atoms with Gasteiger partial charge in [0.2, 0.25) is 11.8 Å². The fourth-order valence-electron chi connectivity index (χ4n) is 2.81. The highest BCUT2D eigenvalue weighted by atomic mass is 16.4. The van der Waals surface area contributed by atoms with Gasteiger partial charge in [0.1, 0.15) is 11.3 Å². The molecule has 0 aliphatic heterocycles. The van der Waals surface area contributed by atoms with Crippen LogP contribution in [0.5, 0.6) is 0 Å². The molecule has 28 heavy (non-hydrogen) atoms. The van der Waals surface area contributed by atoms with Crippen LogP contribution in [0.4, 0.5) is 5.82 Å². The molecule has 0 amide bonds. The Bertz CT molecular complexity index is 1230. The average molecular weight is 370 g/mol. The standard InChI is InChI=1S/C21H18N6O/c1-12(21-27-26-14(3)28-21)7-8-15-5-4-6-16(11-15)17-9-10-18-19(25-17)20(22)24-13(2)23-18/h4-6,9-12H,1-3H3,(H2,22,23,24)/t12-/m0/s1. The topological polar surface area (TPSA) is 104 Å². The van der Waals surface area contributed by atoms with E-state index in [4.69, 9.17) is 10.2 Å². The largest absolute Gasteiger partial charge is 0.424 e. The number of fused-ring (bicyclic) bond motifs is 1. The van der Waals surface area contributed by atoms with E-state index in [9.17, 15) is 0 Å². The number of nitrogen functional groups attached to an aromatic ring is 1. The number of pyridine rings is 1. The van der Waals surface area contributed by atoms with Crippen molar-refractivity contribution in [1.29, 1.82) is 0 Å². The lowest BCUT2D eigenvalue weighted by Gasteiger charge is -2.06. The van der Waals surface area contributed by atoms with Gasteiger partial charge < -0.3 is 10.2 Å². The van der Waals surface area contributed by atoms with Crippen molar-refractivity contribution in [3.63, 3.8) is 0 Å². The highest BCUT2D eigenvalue weighted by Crippen LogP contribution is 2.23. The van der Waals surface area contributed by atoms with Crippen molar-refractivity contribution in [2.75, 3.05) is 5.73 Å². The van der Waals surface area contributed by atoms with Gasteiger partial charge in [0, 0.05) is 18.1 Å². The number of hydrogen-bond donors (Lipinski definition) is 1. The lowest BCUT2D eigenvalue weighted by molar-refractivity contribution is 0.462. The number of aromatic nitrogens is 5. The molecule has 4 rings (SSSR count). The number of aryl methyl sites for hydroxylation is 2. The Morgan fingerprint density at radius 3 is 2.68 bits per heavy atom. The van der Waals surface area contributed by atoms with Gasteiger partial charge in [-0.1, -0.05) is 24.0 Å². The van der Waals surface area contributed by atoms with Crippen LogP contribution < -0.4 is 5.73 Å². The number of hydrogen-bond acceptors (Lipinski definition) is 7. The van der Waals surface area contributed by atoms with E-state index in [-0.39, 0.29) is 5.92 Å². The van der Waals surface area contributed by atoms with E-state index in [1.807, 2.05) is 50.2 Å². The van der Waals surface area contributed by atoms with E-state index in [0.717, 1.165) is 22.3 Å².